The Kier molecular flexibility index (Phi) is 1.81. The van der Waals surface area contributed by atoms with Crippen molar-refractivity contribution in [1.82, 2.24) is 9.97 Å². The quantitative estimate of drug-likeness (QED) is 0.624. The molecule has 0 N–H and O–H groups in total. The van der Waals surface area contributed by atoms with Crippen LogP contribution in [0.1, 0.15) is 0 Å². The largest absolute Gasteiger partial charge is 0.494 e. The van der Waals surface area contributed by atoms with Crippen LogP contribution in [0.3, 0.4) is 0 Å². The van der Waals surface area contributed by atoms with Crippen molar-refractivity contribution in [3.8, 4) is 5.75 Å². The predicted molar refractivity (Wildman–Crippen MR) is 46.0 cm³/mol. The van der Waals surface area contributed by atoms with E-state index in [9.17, 15) is 4.39 Å². The van der Waals surface area contributed by atoms with Crippen LogP contribution in [0.4, 0.5) is 4.39 Å². The Bertz CT molecular complexity index is 445. The van der Waals surface area contributed by atoms with Crippen LogP contribution in [0, 0.1) is 6.08 Å². The van der Waals surface area contributed by atoms with Crippen LogP contribution in [0.2, 0.25) is 0 Å². The third-order valence-corrected chi connectivity index (χ3v) is 1.76. The normalized spacial score (nSPS) is 10.3. The molecule has 0 saturated heterocycles. The van der Waals surface area contributed by atoms with E-state index in [1.165, 1.54) is 13.3 Å². The summed E-state index contributed by atoms with van der Waals surface area (Å²) in [5.74, 6) is 0.554. The second-order valence-electron chi connectivity index (χ2n) is 2.54. The van der Waals surface area contributed by atoms with E-state index < -0.39 is 6.08 Å². The molecule has 3 nitrogen and oxygen atoms in total. The Hall–Kier alpha value is -1.71. The molecule has 0 aliphatic heterocycles. The number of methoxy groups -OCH3 is 1. The fourth-order valence-corrected chi connectivity index (χ4v) is 1.17. The van der Waals surface area contributed by atoms with E-state index >= 15 is 0 Å². The number of para-hydroxylation sites is 1. The number of halogens is 1. The molecule has 0 aliphatic carbocycles. The maximum atomic E-state index is 12.7. The summed E-state index contributed by atoms with van der Waals surface area (Å²) in [6, 6.07) is 5.34. The lowest BCUT2D eigenvalue weighted by Crippen LogP contribution is -1.92. The first-order valence-corrected chi connectivity index (χ1v) is 3.76. The van der Waals surface area contributed by atoms with Crippen LogP contribution in [0.5, 0.6) is 5.75 Å². The minimum absolute atomic E-state index is 0.498. The number of hydrogen-bond acceptors (Lipinski definition) is 3. The lowest BCUT2D eigenvalue weighted by atomic mass is 10.2. The molecule has 0 bridgehead atoms. The van der Waals surface area contributed by atoms with Crippen LogP contribution in [-0.4, -0.2) is 17.1 Å². The minimum atomic E-state index is -0.739. The Morgan fingerprint density at radius 2 is 2.23 bits per heavy atom. The van der Waals surface area contributed by atoms with E-state index in [-0.39, 0.29) is 0 Å². The zero-order valence-corrected chi connectivity index (χ0v) is 6.99. The molecule has 0 unspecified atom stereocenters. The first-order valence-electron chi connectivity index (χ1n) is 3.76. The van der Waals surface area contributed by atoms with E-state index in [0.717, 1.165) is 5.39 Å². The van der Waals surface area contributed by atoms with Crippen molar-refractivity contribution in [2.45, 2.75) is 0 Å². The predicted octanol–water partition coefficient (Wildman–Crippen LogP) is 1.78. The molecule has 0 fully saturated rings. The molecule has 0 aliphatic rings. The zero-order chi connectivity index (χ0) is 9.26. The third kappa shape index (κ3) is 1.30. The minimum Gasteiger partial charge on any atom is -0.494 e. The maximum absolute atomic E-state index is 12.7. The Balaban J connectivity index is 2.79. The van der Waals surface area contributed by atoms with E-state index in [4.69, 9.17) is 4.74 Å². The highest BCUT2D eigenvalue weighted by molar-refractivity contribution is 5.83. The van der Waals surface area contributed by atoms with Crippen LogP contribution in [0.25, 0.3) is 10.9 Å². The monoisotopic (exact) mass is 178 g/mol. The van der Waals surface area contributed by atoms with E-state index in [2.05, 4.69) is 9.97 Å². The first-order chi connectivity index (χ1) is 6.31. The van der Waals surface area contributed by atoms with Crippen LogP contribution < -0.4 is 4.74 Å². The second kappa shape index (κ2) is 2.97. The molecule has 0 spiro atoms. The molecule has 66 valence electrons. The number of aromatic nitrogens is 2. The van der Waals surface area contributed by atoms with Gasteiger partial charge in [0.15, 0.2) is 0 Å². The third-order valence-electron chi connectivity index (χ3n) is 1.76. The summed E-state index contributed by atoms with van der Waals surface area (Å²) in [5, 5.41) is 0.765. The number of benzene rings is 1. The number of nitrogens with zero attached hydrogens (tertiary/aromatic N) is 2. The average molecular weight is 178 g/mol. The van der Waals surface area contributed by atoms with Crippen LogP contribution >= 0.6 is 0 Å². The van der Waals surface area contributed by atoms with E-state index in [1.807, 2.05) is 6.07 Å². The topological polar surface area (TPSA) is 35.0 Å². The highest BCUT2D eigenvalue weighted by atomic mass is 19.1. The Morgan fingerprint density at radius 1 is 1.38 bits per heavy atom. The summed E-state index contributed by atoms with van der Waals surface area (Å²) in [5.41, 5.74) is 0.498. The van der Waals surface area contributed by atoms with Crippen molar-refractivity contribution in [2.75, 3.05) is 7.11 Å². The Labute approximate surface area is 74.2 Å². The molecule has 1 aromatic heterocycles. The molecular formula is C9H7FN2O. The molecule has 1 heterocycles. The van der Waals surface area contributed by atoms with Gasteiger partial charge in [0.2, 0.25) is 0 Å². The van der Waals surface area contributed by atoms with Crippen LogP contribution in [0.15, 0.2) is 24.4 Å². The van der Waals surface area contributed by atoms with Crippen molar-refractivity contribution in [3.05, 3.63) is 30.5 Å². The van der Waals surface area contributed by atoms with Gasteiger partial charge in [-0.05, 0) is 6.07 Å². The first kappa shape index (κ1) is 7.91. The molecule has 0 saturated carbocycles. The van der Waals surface area contributed by atoms with Gasteiger partial charge in [-0.25, -0.2) is 4.98 Å². The zero-order valence-electron chi connectivity index (χ0n) is 6.99. The summed E-state index contributed by atoms with van der Waals surface area (Å²) in [6.07, 6.45) is 0.692. The summed E-state index contributed by atoms with van der Waals surface area (Å²) < 4.78 is 17.7. The lowest BCUT2D eigenvalue weighted by molar-refractivity contribution is 0.417. The number of hydrogen-bond donors (Lipinski definition) is 0. The lowest BCUT2D eigenvalue weighted by Gasteiger charge is -2.02. The van der Waals surface area contributed by atoms with Crippen molar-refractivity contribution < 1.29 is 9.13 Å². The standard InChI is InChI=1S/C9H7FN2O/c1-13-7-4-2-3-6-5-11-9(10)12-8(6)7/h2-5H,1H3. The maximum Gasteiger partial charge on any atom is 0.309 e. The van der Waals surface area contributed by atoms with Gasteiger partial charge in [-0.1, -0.05) is 12.1 Å². The molecule has 2 aromatic rings. The highest BCUT2D eigenvalue weighted by Gasteiger charge is 2.03. The summed E-state index contributed by atoms with van der Waals surface area (Å²) in [6.45, 7) is 0. The summed E-state index contributed by atoms with van der Waals surface area (Å²) in [7, 11) is 1.52. The van der Waals surface area contributed by atoms with E-state index in [1.54, 1.807) is 12.1 Å². The molecule has 0 amide bonds. The van der Waals surface area contributed by atoms with Gasteiger partial charge >= 0.3 is 6.08 Å². The molecule has 0 atom stereocenters. The van der Waals surface area contributed by atoms with Crippen molar-refractivity contribution in [1.29, 1.82) is 0 Å². The van der Waals surface area contributed by atoms with Gasteiger partial charge in [-0.2, -0.15) is 9.37 Å². The van der Waals surface area contributed by atoms with Crippen LogP contribution in [-0.2, 0) is 0 Å². The molecule has 1 aromatic carbocycles. The SMILES string of the molecule is COc1cccc2cnc(F)nc12. The van der Waals surface area contributed by atoms with Gasteiger partial charge in [0.05, 0.1) is 7.11 Å². The second-order valence-corrected chi connectivity index (χ2v) is 2.54. The average Bonchev–Trinajstić information content (AvgIpc) is 2.17. The highest BCUT2D eigenvalue weighted by Crippen LogP contribution is 2.21. The van der Waals surface area contributed by atoms with Crippen molar-refractivity contribution in [2.24, 2.45) is 0 Å². The number of ether oxygens (including phenoxy) is 1. The summed E-state index contributed by atoms with van der Waals surface area (Å²) >= 11 is 0. The fraction of sp³-hybridized carbons (Fsp3) is 0.111. The van der Waals surface area contributed by atoms with Gasteiger partial charge < -0.3 is 4.74 Å². The van der Waals surface area contributed by atoms with Gasteiger partial charge in [-0.3, -0.25) is 0 Å². The summed E-state index contributed by atoms with van der Waals surface area (Å²) in [4.78, 5) is 7.09. The Morgan fingerprint density at radius 3 is 3.00 bits per heavy atom. The fourth-order valence-electron chi connectivity index (χ4n) is 1.17. The molecule has 13 heavy (non-hydrogen) atoms. The molecule has 2 rings (SSSR count). The van der Waals surface area contributed by atoms with Gasteiger partial charge in [-0.15, -0.1) is 0 Å². The smallest absolute Gasteiger partial charge is 0.309 e. The molecular weight excluding hydrogens is 171 g/mol. The number of fused-ring (bicyclic) bond motifs is 1. The van der Waals surface area contributed by atoms with Crippen molar-refractivity contribution in [3.63, 3.8) is 0 Å². The van der Waals surface area contributed by atoms with Gasteiger partial charge in [0, 0.05) is 11.6 Å². The van der Waals surface area contributed by atoms with Gasteiger partial charge in [0.1, 0.15) is 11.3 Å². The van der Waals surface area contributed by atoms with E-state index in [0.29, 0.717) is 11.3 Å². The number of rotatable bonds is 1. The molecule has 4 heteroatoms. The van der Waals surface area contributed by atoms with Crippen molar-refractivity contribution >= 4 is 10.9 Å². The van der Waals surface area contributed by atoms with Gasteiger partial charge in [0.25, 0.3) is 0 Å². The molecule has 0 radical (unpaired) electrons.